The van der Waals surface area contributed by atoms with E-state index in [0.29, 0.717) is 19.0 Å². The van der Waals surface area contributed by atoms with Crippen LogP contribution in [-0.2, 0) is 16.6 Å². The van der Waals surface area contributed by atoms with E-state index in [1.165, 1.54) is 19.2 Å². The van der Waals surface area contributed by atoms with Crippen LogP contribution in [0.5, 0.6) is 0 Å². The Hall–Kier alpha value is -0.400. The molecule has 7 heteroatoms. The van der Waals surface area contributed by atoms with Crippen molar-refractivity contribution >= 4 is 26.0 Å². The fourth-order valence-corrected chi connectivity index (χ4v) is 3.45. The molecule has 1 heterocycles. The SMILES string of the molecule is CCn1cnc(S(=O)(=O)NCC(Br)C2CC2)c1. The van der Waals surface area contributed by atoms with Crippen molar-refractivity contribution < 1.29 is 8.42 Å². The number of hydrogen-bond acceptors (Lipinski definition) is 3. The summed E-state index contributed by atoms with van der Waals surface area (Å²) in [5.74, 6) is 0.617. The highest BCUT2D eigenvalue weighted by Crippen LogP contribution is 2.36. The highest BCUT2D eigenvalue weighted by atomic mass is 79.9. The molecule has 0 aromatic carbocycles. The van der Waals surface area contributed by atoms with Crippen molar-refractivity contribution in [3.05, 3.63) is 12.5 Å². The summed E-state index contributed by atoms with van der Waals surface area (Å²) in [6.07, 6.45) is 5.44. The van der Waals surface area contributed by atoms with Crippen LogP contribution in [0, 0.1) is 5.92 Å². The summed E-state index contributed by atoms with van der Waals surface area (Å²) in [7, 11) is -3.46. The van der Waals surface area contributed by atoms with Gasteiger partial charge in [0.15, 0.2) is 5.03 Å². The highest BCUT2D eigenvalue weighted by Gasteiger charge is 2.30. The molecule has 2 rings (SSSR count). The third-order valence-electron chi connectivity index (χ3n) is 2.85. The lowest BCUT2D eigenvalue weighted by molar-refractivity contribution is 0.574. The van der Waals surface area contributed by atoms with Crippen molar-refractivity contribution in [3.8, 4) is 0 Å². The first-order chi connectivity index (χ1) is 8.03. The van der Waals surface area contributed by atoms with Crippen molar-refractivity contribution in [2.75, 3.05) is 6.54 Å². The van der Waals surface area contributed by atoms with Crippen LogP contribution in [0.2, 0.25) is 0 Å². The fourth-order valence-electron chi connectivity index (χ4n) is 1.54. The number of halogens is 1. The van der Waals surface area contributed by atoms with Crippen LogP contribution in [0.15, 0.2) is 17.6 Å². The number of rotatable bonds is 6. The Morgan fingerprint density at radius 1 is 1.65 bits per heavy atom. The molecule has 1 aromatic rings. The van der Waals surface area contributed by atoms with Crippen LogP contribution in [0.1, 0.15) is 19.8 Å². The number of alkyl halides is 1. The maximum atomic E-state index is 11.9. The largest absolute Gasteiger partial charge is 0.336 e. The molecule has 0 amide bonds. The zero-order valence-electron chi connectivity index (χ0n) is 9.63. The summed E-state index contributed by atoms with van der Waals surface area (Å²) in [5, 5.41) is 0.0925. The Kier molecular flexibility index (Phi) is 3.89. The monoisotopic (exact) mass is 321 g/mol. The fraction of sp³-hybridized carbons (Fsp3) is 0.700. The number of hydrogen-bond donors (Lipinski definition) is 1. The van der Waals surface area contributed by atoms with E-state index in [2.05, 4.69) is 25.6 Å². The van der Waals surface area contributed by atoms with Crippen molar-refractivity contribution in [3.63, 3.8) is 0 Å². The average molecular weight is 322 g/mol. The number of imidazole rings is 1. The summed E-state index contributed by atoms with van der Waals surface area (Å²) >= 11 is 3.50. The second-order valence-electron chi connectivity index (χ2n) is 4.25. The van der Waals surface area contributed by atoms with Gasteiger partial charge in [-0.05, 0) is 25.7 Å². The molecular weight excluding hydrogens is 306 g/mol. The molecule has 0 radical (unpaired) electrons. The van der Waals surface area contributed by atoms with Gasteiger partial charge >= 0.3 is 0 Å². The third kappa shape index (κ3) is 3.29. The number of sulfonamides is 1. The number of aryl methyl sites for hydroxylation is 1. The van der Waals surface area contributed by atoms with Gasteiger partial charge in [0, 0.05) is 24.1 Å². The Balaban J connectivity index is 1.97. The predicted molar refractivity (Wildman–Crippen MR) is 68.5 cm³/mol. The van der Waals surface area contributed by atoms with Gasteiger partial charge in [-0.15, -0.1) is 0 Å². The van der Waals surface area contributed by atoms with E-state index in [1.807, 2.05) is 6.92 Å². The number of nitrogens with zero attached hydrogens (tertiary/aromatic N) is 2. The lowest BCUT2D eigenvalue weighted by Gasteiger charge is -2.08. The summed E-state index contributed by atoms with van der Waals surface area (Å²) in [6.45, 7) is 3.07. The van der Waals surface area contributed by atoms with Crippen molar-refractivity contribution in [2.24, 2.45) is 5.92 Å². The van der Waals surface area contributed by atoms with E-state index in [1.54, 1.807) is 10.8 Å². The normalized spacial score (nSPS) is 18.2. The molecule has 96 valence electrons. The van der Waals surface area contributed by atoms with Crippen LogP contribution < -0.4 is 4.72 Å². The van der Waals surface area contributed by atoms with Crippen LogP contribution in [0.3, 0.4) is 0 Å². The van der Waals surface area contributed by atoms with E-state index in [0.717, 1.165) is 0 Å². The minimum Gasteiger partial charge on any atom is -0.336 e. The molecule has 0 spiro atoms. The van der Waals surface area contributed by atoms with Crippen molar-refractivity contribution in [1.82, 2.24) is 14.3 Å². The minimum atomic E-state index is -3.46. The van der Waals surface area contributed by atoms with Gasteiger partial charge in [0.25, 0.3) is 10.0 Å². The standard InChI is InChI=1S/C10H16BrN3O2S/c1-2-14-6-10(12-7-14)17(15,16)13-5-9(11)8-3-4-8/h6-9,13H,2-5H2,1H3. The molecular formula is C10H16BrN3O2S. The van der Waals surface area contributed by atoms with Gasteiger partial charge in [-0.3, -0.25) is 0 Å². The maximum absolute atomic E-state index is 11.9. The van der Waals surface area contributed by atoms with Crippen molar-refractivity contribution in [1.29, 1.82) is 0 Å². The molecule has 1 aromatic heterocycles. The lowest BCUT2D eigenvalue weighted by Crippen LogP contribution is -2.30. The highest BCUT2D eigenvalue weighted by molar-refractivity contribution is 9.09. The first kappa shape index (κ1) is 13.0. The smallest absolute Gasteiger partial charge is 0.259 e. The second-order valence-corrected chi connectivity index (χ2v) is 7.14. The number of aromatic nitrogens is 2. The van der Waals surface area contributed by atoms with Gasteiger partial charge in [-0.2, -0.15) is 0 Å². The van der Waals surface area contributed by atoms with Gasteiger partial charge in [0.2, 0.25) is 0 Å². The molecule has 0 saturated heterocycles. The summed E-state index contributed by atoms with van der Waals surface area (Å²) in [4.78, 5) is 4.12. The number of nitrogens with one attached hydrogen (secondary N) is 1. The molecule has 5 nitrogen and oxygen atoms in total. The van der Waals surface area contributed by atoms with E-state index >= 15 is 0 Å². The molecule has 17 heavy (non-hydrogen) atoms. The zero-order valence-corrected chi connectivity index (χ0v) is 12.0. The second kappa shape index (κ2) is 5.07. The Bertz CT molecular complexity index is 481. The summed E-state index contributed by atoms with van der Waals surface area (Å²) < 4.78 is 28.1. The van der Waals surface area contributed by atoms with E-state index in [4.69, 9.17) is 0 Å². The van der Waals surface area contributed by atoms with Gasteiger partial charge in [0.1, 0.15) is 0 Å². The van der Waals surface area contributed by atoms with Gasteiger partial charge in [0.05, 0.1) is 6.33 Å². The molecule has 1 fully saturated rings. The molecule has 1 aliphatic rings. The minimum absolute atomic E-state index is 0.0925. The van der Waals surface area contributed by atoms with E-state index < -0.39 is 10.0 Å². The van der Waals surface area contributed by atoms with E-state index in [9.17, 15) is 8.42 Å². The first-order valence-corrected chi connectivity index (χ1v) is 8.08. The molecule has 1 aliphatic carbocycles. The van der Waals surface area contributed by atoms with Crippen LogP contribution in [0.25, 0.3) is 0 Å². The Morgan fingerprint density at radius 2 is 2.35 bits per heavy atom. The molecule has 0 bridgehead atoms. The lowest BCUT2D eigenvalue weighted by atomic mass is 10.3. The Morgan fingerprint density at radius 3 is 2.88 bits per heavy atom. The first-order valence-electron chi connectivity index (χ1n) is 5.68. The van der Waals surface area contributed by atoms with Gasteiger partial charge in [-0.1, -0.05) is 15.9 Å². The topological polar surface area (TPSA) is 64.0 Å². The molecule has 0 aliphatic heterocycles. The van der Waals surface area contributed by atoms with Crippen LogP contribution in [-0.4, -0.2) is 29.3 Å². The molecule has 1 N–H and O–H groups in total. The Labute approximate surface area is 110 Å². The molecule has 1 atom stereocenters. The van der Waals surface area contributed by atoms with E-state index in [-0.39, 0.29) is 9.85 Å². The third-order valence-corrected chi connectivity index (χ3v) is 5.23. The molecule has 1 saturated carbocycles. The quantitative estimate of drug-likeness (QED) is 0.804. The maximum Gasteiger partial charge on any atom is 0.259 e. The summed E-state index contributed by atoms with van der Waals surface area (Å²) in [5.41, 5.74) is 0. The van der Waals surface area contributed by atoms with Crippen molar-refractivity contribution in [2.45, 2.75) is 36.2 Å². The summed E-state index contributed by atoms with van der Waals surface area (Å²) in [6, 6.07) is 0. The van der Waals surface area contributed by atoms with Gasteiger partial charge < -0.3 is 4.57 Å². The average Bonchev–Trinajstić information content (AvgIpc) is 3.03. The molecule has 1 unspecified atom stereocenters. The van der Waals surface area contributed by atoms with Crippen LogP contribution >= 0.6 is 15.9 Å². The van der Waals surface area contributed by atoms with Crippen LogP contribution in [0.4, 0.5) is 0 Å². The predicted octanol–water partition coefficient (Wildman–Crippen LogP) is 1.35. The zero-order chi connectivity index (χ0) is 12.5. The van der Waals surface area contributed by atoms with Gasteiger partial charge in [-0.25, -0.2) is 18.1 Å².